The molecule has 128 valence electrons. The molecular formula is C16H18N2O5S. The van der Waals surface area contributed by atoms with Crippen LogP contribution in [0.15, 0.2) is 29.2 Å². The maximum atomic E-state index is 13.0. The Morgan fingerprint density at radius 3 is 2.54 bits per heavy atom. The van der Waals surface area contributed by atoms with E-state index >= 15 is 0 Å². The minimum absolute atomic E-state index is 0.0193. The summed E-state index contributed by atoms with van der Waals surface area (Å²) < 4.78 is 27.5. The quantitative estimate of drug-likeness (QED) is 0.613. The van der Waals surface area contributed by atoms with Crippen LogP contribution in [-0.4, -0.2) is 36.0 Å². The van der Waals surface area contributed by atoms with Crippen LogP contribution in [0.3, 0.4) is 0 Å². The van der Waals surface area contributed by atoms with Crippen LogP contribution in [0, 0.1) is 27.9 Å². The number of benzene rings is 1. The number of nitro benzene ring substituents is 1. The predicted octanol–water partition coefficient (Wildman–Crippen LogP) is 1.97. The van der Waals surface area contributed by atoms with Gasteiger partial charge >= 0.3 is 0 Å². The van der Waals surface area contributed by atoms with Crippen molar-refractivity contribution < 1.29 is 18.1 Å². The number of ketones is 1. The van der Waals surface area contributed by atoms with Crippen LogP contribution in [0.1, 0.15) is 25.7 Å². The molecule has 0 radical (unpaired) electrons. The smallest absolute Gasteiger partial charge is 0.269 e. The van der Waals surface area contributed by atoms with Gasteiger partial charge < -0.3 is 0 Å². The zero-order valence-corrected chi connectivity index (χ0v) is 13.8. The summed E-state index contributed by atoms with van der Waals surface area (Å²) in [5.74, 6) is 0.590. The Bertz CT molecular complexity index is 804. The van der Waals surface area contributed by atoms with Gasteiger partial charge in [0.2, 0.25) is 10.0 Å². The van der Waals surface area contributed by atoms with Crippen molar-refractivity contribution in [3.8, 4) is 0 Å². The number of non-ortho nitro benzene ring substituents is 1. The van der Waals surface area contributed by atoms with Crippen LogP contribution in [-0.2, 0) is 14.8 Å². The Balaban J connectivity index is 1.66. The molecule has 1 aromatic rings. The molecule has 0 spiro atoms. The van der Waals surface area contributed by atoms with Gasteiger partial charge in [-0.15, -0.1) is 0 Å². The van der Waals surface area contributed by atoms with E-state index in [1.807, 2.05) is 0 Å². The summed E-state index contributed by atoms with van der Waals surface area (Å²) in [6.07, 6.45) is 3.02. The fraction of sp³-hybridized carbons (Fsp3) is 0.562. The second-order valence-electron chi connectivity index (χ2n) is 6.94. The lowest BCUT2D eigenvalue weighted by Crippen LogP contribution is -2.42. The molecule has 7 nitrogen and oxygen atoms in total. The molecule has 24 heavy (non-hydrogen) atoms. The van der Waals surface area contributed by atoms with Crippen molar-refractivity contribution in [3.05, 3.63) is 34.4 Å². The first kappa shape index (κ1) is 15.7. The van der Waals surface area contributed by atoms with E-state index in [0.29, 0.717) is 18.7 Å². The number of carbonyl (C=O) groups is 1. The summed E-state index contributed by atoms with van der Waals surface area (Å²) in [7, 11) is -3.69. The van der Waals surface area contributed by atoms with Crippen molar-refractivity contribution in [1.29, 1.82) is 0 Å². The molecule has 1 heterocycles. The molecule has 2 aliphatic carbocycles. The highest BCUT2D eigenvalue weighted by atomic mass is 32.2. The molecule has 0 amide bonds. The summed E-state index contributed by atoms with van der Waals surface area (Å²) in [5.41, 5.74) is -0.129. The van der Waals surface area contributed by atoms with Gasteiger partial charge in [-0.2, -0.15) is 4.31 Å². The van der Waals surface area contributed by atoms with Gasteiger partial charge in [-0.3, -0.25) is 14.9 Å². The number of hydrogen-bond donors (Lipinski definition) is 0. The average molecular weight is 350 g/mol. The first-order chi connectivity index (χ1) is 11.4. The van der Waals surface area contributed by atoms with Crippen LogP contribution >= 0.6 is 0 Å². The first-order valence-corrected chi connectivity index (χ1v) is 9.62. The highest BCUT2D eigenvalue weighted by Crippen LogP contribution is 2.51. The summed E-state index contributed by atoms with van der Waals surface area (Å²) >= 11 is 0. The summed E-state index contributed by atoms with van der Waals surface area (Å²) in [6, 6.07) is 4.92. The van der Waals surface area contributed by atoms with Gasteiger partial charge in [0.05, 0.1) is 9.82 Å². The maximum absolute atomic E-state index is 13.0. The minimum atomic E-state index is -3.69. The third kappa shape index (κ3) is 2.20. The van der Waals surface area contributed by atoms with Crippen molar-refractivity contribution in [3.63, 3.8) is 0 Å². The third-order valence-corrected chi connectivity index (χ3v) is 7.69. The second-order valence-corrected chi connectivity index (χ2v) is 8.83. The van der Waals surface area contributed by atoms with E-state index < -0.39 is 14.9 Å². The standard InChI is InChI=1S/C16H18N2O5S/c19-15-8-10-9-17(14-3-1-2-13(15)16(10)14)24(22,23)12-6-4-11(5-7-12)18(20)21/h4-7,10,13-14,16H,1-3,8-9H2/t10-,13+,14+,16-/m0/s1. The molecule has 1 saturated heterocycles. The predicted molar refractivity (Wildman–Crippen MR) is 84.7 cm³/mol. The molecule has 4 rings (SSSR count). The molecule has 3 aliphatic rings. The van der Waals surface area contributed by atoms with Crippen LogP contribution in [0.4, 0.5) is 5.69 Å². The molecule has 2 saturated carbocycles. The summed E-state index contributed by atoms with van der Waals surface area (Å²) in [4.78, 5) is 22.4. The number of rotatable bonds is 3. The highest BCUT2D eigenvalue weighted by molar-refractivity contribution is 7.89. The van der Waals surface area contributed by atoms with Crippen molar-refractivity contribution >= 4 is 21.5 Å². The second kappa shape index (κ2) is 5.35. The lowest BCUT2D eigenvalue weighted by molar-refractivity contribution is -0.384. The molecule has 0 bridgehead atoms. The topological polar surface area (TPSA) is 97.6 Å². The van der Waals surface area contributed by atoms with Crippen LogP contribution < -0.4 is 0 Å². The Hall–Kier alpha value is -1.80. The van der Waals surface area contributed by atoms with E-state index in [9.17, 15) is 23.3 Å². The molecule has 1 aliphatic heterocycles. The van der Waals surface area contributed by atoms with Crippen molar-refractivity contribution in [2.45, 2.75) is 36.6 Å². The van der Waals surface area contributed by atoms with Gasteiger partial charge in [-0.1, -0.05) is 6.42 Å². The van der Waals surface area contributed by atoms with Gasteiger partial charge in [0, 0.05) is 37.1 Å². The summed E-state index contributed by atoms with van der Waals surface area (Å²) in [6.45, 7) is 0.386. The van der Waals surface area contributed by atoms with E-state index in [4.69, 9.17) is 0 Å². The van der Waals surface area contributed by atoms with E-state index in [1.165, 1.54) is 24.3 Å². The molecule has 1 aromatic carbocycles. The van der Waals surface area contributed by atoms with Crippen LogP contribution in [0.25, 0.3) is 0 Å². The van der Waals surface area contributed by atoms with Crippen LogP contribution in [0.2, 0.25) is 0 Å². The number of hydrogen-bond acceptors (Lipinski definition) is 5. The molecule has 4 atom stereocenters. The largest absolute Gasteiger partial charge is 0.299 e. The van der Waals surface area contributed by atoms with Crippen LogP contribution in [0.5, 0.6) is 0 Å². The maximum Gasteiger partial charge on any atom is 0.269 e. The Morgan fingerprint density at radius 2 is 1.88 bits per heavy atom. The van der Waals surface area contributed by atoms with Gasteiger partial charge in [-0.05, 0) is 36.8 Å². The van der Waals surface area contributed by atoms with E-state index in [-0.39, 0.29) is 34.4 Å². The van der Waals surface area contributed by atoms with Gasteiger partial charge in [0.1, 0.15) is 5.78 Å². The summed E-state index contributed by atoms with van der Waals surface area (Å²) in [5, 5.41) is 10.7. The Morgan fingerprint density at radius 1 is 1.17 bits per heavy atom. The Kier molecular flexibility index (Phi) is 3.50. The zero-order chi connectivity index (χ0) is 17.1. The number of nitro groups is 1. The Labute approximate surface area is 139 Å². The fourth-order valence-corrected chi connectivity index (χ4v) is 6.55. The SMILES string of the molecule is O=C1C[C@H]2CN(S(=O)(=O)c3ccc([N+](=O)[O-])cc3)[C@@H]3CCC[C@H]1[C@H]23. The van der Waals surface area contributed by atoms with Crippen molar-refractivity contribution in [2.75, 3.05) is 6.54 Å². The monoisotopic (exact) mass is 350 g/mol. The average Bonchev–Trinajstić information content (AvgIpc) is 3.09. The molecule has 3 fully saturated rings. The van der Waals surface area contributed by atoms with Gasteiger partial charge in [-0.25, -0.2) is 8.42 Å². The number of Topliss-reactive ketones (excluding diaryl/α,β-unsaturated/α-hetero) is 1. The molecule has 8 heteroatoms. The lowest BCUT2D eigenvalue weighted by atomic mass is 9.77. The molecule has 0 unspecified atom stereocenters. The third-order valence-electron chi connectivity index (χ3n) is 5.78. The molecule has 0 aromatic heterocycles. The van der Waals surface area contributed by atoms with E-state index in [2.05, 4.69) is 0 Å². The fourth-order valence-electron chi connectivity index (χ4n) is 4.80. The minimum Gasteiger partial charge on any atom is -0.299 e. The van der Waals surface area contributed by atoms with Crippen molar-refractivity contribution in [2.24, 2.45) is 17.8 Å². The lowest BCUT2D eigenvalue weighted by Gasteiger charge is -2.34. The van der Waals surface area contributed by atoms with E-state index in [0.717, 1.165) is 19.3 Å². The van der Waals surface area contributed by atoms with E-state index in [1.54, 1.807) is 4.31 Å². The molecule has 0 N–H and O–H groups in total. The normalized spacial score (nSPS) is 32.8. The van der Waals surface area contributed by atoms with Crippen molar-refractivity contribution in [1.82, 2.24) is 4.31 Å². The first-order valence-electron chi connectivity index (χ1n) is 8.18. The number of sulfonamides is 1. The van der Waals surface area contributed by atoms with Gasteiger partial charge in [0.25, 0.3) is 5.69 Å². The highest BCUT2D eigenvalue weighted by Gasteiger charge is 2.56. The van der Waals surface area contributed by atoms with Gasteiger partial charge in [0.15, 0.2) is 0 Å². The zero-order valence-electron chi connectivity index (χ0n) is 13.0. The number of carbonyl (C=O) groups excluding carboxylic acids is 1. The molecular weight excluding hydrogens is 332 g/mol. The number of nitrogens with zero attached hydrogens (tertiary/aromatic N) is 2.